The SMILES string of the molecule is CC(=O)Nc1cc(-c2cncc(-c3ccccc3C(N)=O)c2)ccn1. The van der Waals surface area contributed by atoms with Gasteiger partial charge in [0.2, 0.25) is 11.8 Å². The van der Waals surface area contributed by atoms with Crippen LogP contribution in [0, 0.1) is 0 Å². The first-order valence-corrected chi connectivity index (χ1v) is 7.63. The standard InChI is InChI=1S/C19H16N4O2/c1-12(24)23-18-9-13(6-7-22-18)14-8-15(11-21-10-14)16-4-2-3-5-17(16)19(20)25/h2-11H,1H3,(H2,20,25)(H,22,23,24). The molecule has 2 heterocycles. The van der Waals surface area contributed by atoms with Gasteiger partial charge in [0, 0.05) is 42.2 Å². The van der Waals surface area contributed by atoms with E-state index in [2.05, 4.69) is 15.3 Å². The number of carbonyl (C=O) groups is 2. The highest BCUT2D eigenvalue weighted by Crippen LogP contribution is 2.28. The fourth-order valence-electron chi connectivity index (χ4n) is 2.55. The van der Waals surface area contributed by atoms with Gasteiger partial charge < -0.3 is 11.1 Å². The van der Waals surface area contributed by atoms with Gasteiger partial charge in [-0.25, -0.2) is 4.98 Å². The Balaban J connectivity index is 2.04. The third-order valence-electron chi connectivity index (χ3n) is 3.64. The Morgan fingerprint density at radius 1 is 1.00 bits per heavy atom. The van der Waals surface area contributed by atoms with Crippen molar-refractivity contribution in [3.05, 3.63) is 66.6 Å². The molecule has 0 saturated carbocycles. The number of carbonyl (C=O) groups excluding carboxylic acids is 2. The molecule has 0 fully saturated rings. The van der Waals surface area contributed by atoms with E-state index in [-0.39, 0.29) is 5.91 Å². The number of rotatable bonds is 4. The number of hydrogen-bond acceptors (Lipinski definition) is 4. The minimum Gasteiger partial charge on any atom is -0.366 e. The molecule has 0 atom stereocenters. The van der Waals surface area contributed by atoms with Crippen molar-refractivity contribution in [2.24, 2.45) is 5.73 Å². The number of hydrogen-bond donors (Lipinski definition) is 2. The van der Waals surface area contributed by atoms with E-state index in [1.54, 1.807) is 36.8 Å². The van der Waals surface area contributed by atoms with E-state index in [1.807, 2.05) is 24.3 Å². The van der Waals surface area contributed by atoms with Crippen molar-refractivity contribution in [1.29, 1.82) is 0 Å². The zero-order chi connectivity index (χ0) is 17.8. The second-order valence-electron chi connectivity index (χ2n) is 5.48. The van der Waals surface area contributed by atoms with E-state index >= 15 is 0 Å². The van der Waals surface area contributed by atoms with Crippen LogP contribution in [0.3, 0.4) is 0 Å². The zero-order valence-electron chi connectivity index (χ0n) is 13.6. The maximum Gasteiger partial charge on any atom is 0.249 e. The number of nitrogens with zero attached hydrogens (tertiary/aromatic N) is 2. The molecule has 0 saturated heterocycles. The summed E-state index contributed by atoms with van der Waals surface area (Å²) in [5, 5.41) is 2.65. The molecular formula is C19H16N4O2. The van der Waals surface area contributed by atoms with Crippen molar-refractivity contribution in [1.82, 2.24) is 9.97 Å². The van der Waals surface area contributed by atoms with Gasteiger partial charge in [-0.3, -0.25) is 14.6 Å². The maximum absolute atomic E-state index is 11.7. The molecule has 2 amide bonds. The van der Waals surface area contributed by atoms with Gasteiger partial charge >= 0.3 is 0 Å². The molecule has 25 heavy (non-hydrogen) atoms. The Morgan fingerprint density at radius 3 is 2.52 bits per heavy atom. The molecule has 2 aromatic heterocycles. The molecule has 0 aliphatic heterocycles. The van der Waals surface area contributed by atoms with Crippen LogP contribution in [0.25, 0.3) is 22.3 Å². The maximum atomic E-state index is 11.7. The molecule has 6 nitrogen and oxygen atoms in total. The molecule has 0 aliphatic carbocycles. The Bertz CT molecular complexity index is 953. The summed E-state index contributed by atoms with van der Waals surface area (Å²) in [4.78, 5) is 31.2. The molecule has 3 N–H and O–H groups in total. The molecule has 1 aromatic carbocycles. The summed E-state index contributed by atoms with van der Waals surface area (Å²) in [6.07, 6.45) is 5.01. The lowest BCUT2D eigenvalue weighted by Gasteiger charge is -2.09. The predicted octanol–water partition coefficient (Wildman–Crippen LogP) is 2.87. The average Bonchev–Trinajstić information content (AvgIpc) is 2.61. The lowest BCUT2D eigenvalue weighted by atomic mass is 9.98. The van der Waals surface area contributed by atoms with Crippen LogP contribution in [-0.4, -0.2) is 21.8 Å². The van der Waals surface area contributed by atoms with E-state index in [4.69, 9.17) is 5.73 Å². The first-order valence-electron chi connectivity index (χ1n) is 7.63. The summed E-state index contributed by atoms with van der Waals surface area (Å²) in [5.41, 5.74) is 9.09. The monoisotopic (exact) mass is 332 g/mol. The van der Waals surface area contributed by atoms with Gasteiger partial charge in [-0.2, -0.15) is 0 Å². The summed E-state index contributed by atoms with van der Waals surface area (Å²) < 4.78 is 0. The van der Waals surface area contributed by atoms with Crippen LogP contribution >= 0.6 is 0 Å². The minimum absolute atomic E-state index is 0.188. The van der Waals surface area contributed by atoms with Crippen molar-refractivity contribution in [2.45, 2.75) is 6.92 Å². The van der Waals surface area contributed by atoms with Gasteiger partial charge in [0.05, 0.1) is 0 Å². The number of amides is 2. The molecule has 124 valence electrons. The van der Waals surface area contributed by atoms with E-state index in [9.17, 15) is 9.59 Å². The summed E-state index contributed by atoms with van der Waals surface area (Å²) in [7, 11) is 0. The van der Waals surface area contributed by atoms with Crippen LogP contribution in [0.15, 0.2) is 61.1 Å². The Hall–Kier alpha value is -3.54. The number of primary amides is 1. The normalized spacial score (nSPS) is 10.3. The Kier molecular flexibility index (Phi) is 4.52. The minimum atomic E-state index is -0.488. The van der Waals surface area contributed by atoms with Gasteiger partial charge in [0.25, 0.3) is 0 Å². The summed E-state index contributed by atoms with van der Waals surface area (Å²) in [5.74, 6) is -0.210. The van der Waals surface area contributed by atoms with Crippen LogP contribution in [0.2, 0.25) is 0 Å². The number of aromatic nitrogens is 2. The lowest BCUT2D eigenvalue weighted by Crippen LogP contribution is -2.12. The zero-order valence-corrected chi connectivity index (χ0v) is 13.6. The molecule has 6 heteroatoms. The van der Waals surface area contributed by atoms with Crippen LogP contribution in [0.4, 0.5) is 5.82 Å². The van der Waals surface area contributed by atoms with E-state index in [0.717, 1.165) is 22.3 Å². The average molecular weight is 332 g/mol. The van der Waals surface area contributed by atoms with Crippen LogP contribution in [0.1, 0.15) is 17.3 Å². The molecule has 0 aliphatic rings. The highest BCUT2D eigenvalue weighted by molar-refractivity contribution is 6.00. The second-order valence-corrected chi connectivity index (χ2v) is 5.48. The van der Waals surface area contributed by atoms with Gasteiger partial charge in [-0.15, -0.1) is 0 Å². The van der Waals surface area contributed by atoms with Gasteiger partial charge in [-0.1, -0.05) is 18.2 Å². The van der Waals surface area contributed by atoms with Gasteiger partial charge in [0.1, 0.15) is 5.82 Å². The molecule has 0 radical (unpaired) electrons. The molecule has 0 spiro atoms. The quantitative estimate of drug-likeness (QED) is 0.767. The first kappa shape index (κ1) is 16.3. The smallest absolute Gasteiger partial charge is 0.249 e. The van der Waals surface area contributed by atoms with Crippen molar-refractivity contribution >= 4 is 17.6 Å². The van der Waals surface area contributed by atoms with E-state index in [1.165, 1.54) is 6.92 Å². The number of anilines is 1. The van der Waals surface area contributed by atoms with E-state index < -0.39 is 5.91 Å². The number of nitrogens with two attached hydrogens (primary N) is 1. The van der Waals surface area contributed by atoms with E-state index in [0.29, 0.717) is 11.4 Å². The third-order valence-corrected chi connectivity index (χ3v) is 3.64. The number of nitrogens with one attached hydrogen (secondary N) is 1. The Morgan fingerprint density at radius 2 is 1.76 bits per heavy atom. The van der Waals surface area contributed by atoms with Crippen molar-refractivity contribution < 1.29 is 9.59 Å². The number of benzene rings is 1. The van der Waals surface area contributed by atoms with Crippen LogP contribution in [0.5, 0.6) is 0 Å². The molecule has 3 aromatic rings. The highest BCUT2D eigenvalue weighted by Gasteiger charge is 2.11. The topological polar surface area (TPSA) is 98.0 Å². The third kappa shape index (κ3) is 3.69. The lowest BCUT2D eigenvalue weighted by molar-refractivity contribution is -0.114. The molecule has 3 rings (SSSR count). The van der Waals surface area contributed by atoms with Crippen molar-refractivity contribution in [2.75, 3.05) is 5.32 Å². The van der Waals surface area contributed by atoms with Crippen molar-refractivity contribution in [3.8, 4) is 22.3 Å². The molecule has 0 unspecified atom stereocenters. The van der Waals surface area contributed by atoms with Crippen molar-refractivity contribution in [3.63, 3.8) is 0 Å². The largest absolute Gasteiger partial charge is 0.366 e. The molecular weight excluding hydrogens is 316 g/mol. The van der Waals surface area contributed by atoms with Gasteiger partial charge in [-0.05, 0) is 35.4 Å². The van der Waals surface area contributed by atoms with Crippen LogP contribution in [-0.2, 0) is 4.79 Å². The summed E-state index contributed by atoms with van der Waals surface area (Å²) in [6.45, 7) is 1.43. The van der Waals surface area contributed by atoms with Gasteiger partial charge in [0.15, 0.2) is 0 Å². The fourth-order valence-corrected chi connectivity index (χ4v) is 2.55. The fraction of sp³-hybridized carbons (Fsp3) is 0.0526. The Labute approximate surface area is 144 Å². The number of pyridine rings is 2. The summed E-state index contributed by atoms with van der Waals surface area (Å²) >= 11 is 0. The predicted molar refractivity (Wildman–Crippen MR) is 95.7 cm³/mol. The second kappa shape index (κ2) is 6.92. The highest BCUT2D eigenvalue weighted by atomic mass is 16.1. The first-order chi connectivity index (χ1) is 12.0. The summed E-state index contributed by atoms with van der Waals surface area (Å²) in [6, 6.07) is 12.6. The van der Waals surface area contributed by atoms with Crippen LogP contribution < -0.4 is 11.1 Å². The molecule has 0 bridgehead atoms.